The van der Waals surface area contributed by atoms with Gasteiger partial charge in [-0.3, -0.25) is 0 Å². The van der Waals surface area contributed by atoms with E-state index in [1.165, 1.54) is 0 Å². The molecule has 94 valence electrons. The van der Waals surface area contributed by atoms with Gasteiger partial charge in [-0.05, 0) is 24.5 Å². The molecule has 0 aromatic heterocycles. The molecule has 0 amide bonds. The van der Waals surface area contributed by atoms with Crippen molar-refractivity contribution in [2.75, 3.05) is 13.9 Å². The molecule has 0 N–H and O–H groups in total. The van der Waals surface area contributed by atoms with E-state index in [9.17, 15) is 4.79 Å². The van der Waals surface area contributed by atoms with Crippen molar-refractivity contribution in [2.24, 2.45) is 4.99 Å². The number of hydrogen-bond acceptors (Lipinski definition) is 5. The number of ether oxygens (including phenoxy) is 3. The maximum atomic E-state index is 10.6. The lowest BCUT2D eigenvalue weighted by atomic mass is 9.97. The minimum atomic E-state index is -0.420. The molecule has 0 saturated heterocycles. The predicted molar refractivity (Wildman–Crippen MR) is 62.3 cm³/mol. The van der Waals surface area contributed by atoms with Crippen LogP contribution in [0.15, 0.2) is 17.1 Å². The topological polar surface area (TPSA) is 57.1 Å². The molecule has 18 heavy (non-hydrogen) atoms. The number of fused-ring (bicyclic) bond motifs is 1. The summed E-state index contributed by atoms with van der Waals surface area (Å²) in [4.78, 5) is 14.5. The normalized spacial score (nSPS) is 18.3. The van der Waals surface area contributed by atoms with Crippen LogP contribution >= 0.6 is 0 Å². The summed E-state index contributed by atoms with van der Waals surface area (Å²) >= 11 is 0. The standard InChI is InChI=1S/C13H13NO4/c1-16-6-9-10(13(4-5-13)14-7-15)2-3-11-12(9)18-8-17-11/h2-3H,4-6,8H2,1H3. The Bertz CT molecular complexity index is 530. The molecule has 5 nitrogen and oxygen atoms in total. The van der Waals surface area contributed by atoms with Gasteiger partial charge in [-0.1, -0.05) is 6.07 Å². The van der Waals surface area contributed by atoms with Crippen LogP contribution in [0.5, 0.6) is 11.5 Å². The predicted octanol–water partition coefficient (Wildman–Crippen LogP) is 1.89. The Hall–Kier alpha value is -1.84. The summed E-state index contributed by atoms with van der Waals surface area (Å²) in [5, 5.41) is 0. The Morgan fingerprint density at radius 3 is 2.94 bits per heavy atom. The summed E-state index contributed by atoms with van der Waals surface area (Å²) in [5.74, 6) is 1.43. The van der Waals surface area contributed by atoms with E-state index < -0.39 is 5.54 Å². The third-order valence-electron chi connectivity index (χ3n) is 3.42. The first-order valence-corrected chi connectivity index (χ1v) is 5.81. The maximum absolute atomic E-state index is 10.6. The van der Waals surface area contributed by atoms with Crippen LogP contribution in [0, 0.1) is 0 Å². The number of isocyanates is 1. The number of benzene rings is 1. The highest BCUT2D eigenvalue weighted by atomic mass is 16.7. The zero-order chi connectivity index (χ0) is 12.6. The third-order valence-corrected chi connectivity index (χ3v) is 3.42. The number of rotatable bonds is 4. The fraction of sp³-hybridized carbons (Fsp3) is 0.462. The molecule has 1 heterocycles. The van der Waals surface area contributed by atoms with E-state index in [0.29, 0.717) is 12.4 Å². The molecule has 1 saturated carbocycles. The van der Waals surface area contributed by atoms with Gasteiger partial charge in [-0.15, -0.1) is 0 Å². The van der Waals surface area contributed by atoms with Gasteiger partial charge in [0.2, 0.25) is 12.9 Å². The van der Waals surface area contributed by atoms with Crippen LogP contribution in [-0.2, 0) is 21.7 Å². The summed E-state index contributed by atoms with van der Waals surface area (Å²) in [6.07, 6.45) is 3.39. The molecule has 0 spiro atoms. The molecule has 5 heteroatoms. The van der Waals surface area contributed by atoms with Gasteiger partial charge in [0.05, 0.1) is 12.1 Å². The van der Waals surface area contributed by atoms with Crippen LogP contribution in [0.25, 0.3) is 0 Å². The quantitative estimate of drug-likeness (QED) is 0.602. The Kier molecular flexibility index (Phi) is 2.58. The number of hydrogen-bond donors (Lipinski definition) is 0. The van der Waals surface area contributed by atoms with Crippen LogP contribution < -0.4 is 9.47 Å². The number of aliphatic imine (C=N–C) groups is 1. The summed E-state index contributed by atoms with van der Waals surface area (Å²) in [5.41, 5.74) is 1.48. The first-order valence-electron chi connectivity index (χ1n) is 5.81. The molecule has 0 radical (unpaired) electrons. The van der Waals surface area contributed by atoms with Crippen molar-refractivity contribution in [3.63, 3.8) is 0 Å². The van der Waals surface area contributed by atoms with E-state index in [-0.39, 0.29) is 6.79 Å². The zero-order valence-corrected chi connectivity index (χ0v) is 10.1. The molecule has 0 atom stereocenters. The first-order chi connectivity index (χ1) is 8.80. The average Bonchev–Trinajstić information content (AvgIpc) is 2.99. The highest BCUT2D eigenvalue weighted by molar-refractivity contribution is 5.56. The summed E-state index contributed by atoms with van der Waals surface area (Å²) in [6.45, 7) is 0.636. The lowest BCUT2D eigenvalue weighted by Crippen LogP contribution is -2.08. The van der Waals surface area contributed by atoms with Crippen molar-refractivity contribution in [1.82, 2.24) is 0 Å². The Morgan fingerprint density at radius 2 is 2.28 bits per heavy atom. The lowest BCUT2D eigenvalue weighted by molar-refractivity contribution is 0.162. The van der Waals surface area contributed by atoms with E-state index in [0.717, 1.165) is 29.7 Å². The zero-order valence-electron chi connectivity index (χ0n) is 10.1. The monoisotopic (exact) mass is 247 g/mol. The SMILES string of the molecule is COCc1c(C2(N=C=O)CC2)ccc2c1OCO2. The molecule has 1 fully saturated rings. The van der Waals surface area contributed by atoms with Gasteiger partial charge in [0.25, 0.3) is 0 Å². The van der Waals surface area contributed by atoms with E-state index in [2.05, 4.69) is 4.99 Å². The molecule has 3 rings (SSSR count). The van der Waals surface area contributed by atoms with Crippen molar-refractivity contribution in [3.05, 3.63) is 23.3 Å². The highest BCUT2D eigenvalue weighted by Crippen LogP contribution is 2.53. The van der Waals surface area contributed by atoms with Crippen LogP contribution in [0.3, 0.4) is 0 Å². The Morgan fingerprint density at radius 1 is 1.44 bits per heavy atom. The fourth-order valence-electron chi connectivity index (χ4n) is 2.40. The Balaban J connectivity index is 2.12. The summed E-state index contributed by atoms with van der Waals surface area (Å²) in [7, 11) is 1.63. The highest BCUT2D eigenvalue weighted by Gasteiger charge is 2.47. The smallest absolute Gasteiger partial charge is 0.235 e. The van der Waals surface area contributed by atoms with Crippen molar-refractivity contribution in [1.29, 1.82) is 0 Å². The van der Waals surface area contributed by atoms with E-state index in [1.807, 2.05) is 12.1 Å². The molecule has 1 aromatic rings. The molecular formula is C13H13NO4. The van der Waals surface area contributed by atoms with Crippen molar-refractivity contribution < 1.29 is 19.0 Å². The lowest BCUT2D eigenvalue weighted by Gasteiger charge is -2.15. The van der Waals surface area contributed by atoms with Crippen LogP contribution in [-0.4, -0.2) is 20.0 Å². The van der Waals surface area contributed by atoms with Crippen LogP contribution in [0.4, 0.5) is 0 Å². The van der Waals surface area contributed by atoms with Gasteiger partial charge in [0.15, 0.2) is 11.5 Å². The minimum Gasteiger partial charge on any atom is -0.454 e. The second-order valence-corrected chi connectivity index (χ2v) is 4.49. The van der Waals surface area contributed by atoms with Crippen LogP contribution in [0.1, 0.15) is 24.0 Å². The largest absolute Gasteiger partial charge is 0.454 e. The number of nitrogens with zero attached hydrogens (tertiary/aromatic N) is 1. The van der Waals surface area contributed by atoms with Gasteiger partial charge in [-0.2, -0.15) is 4.99 Å². The molecule has 0 bridgehead atoms. The van der Waals surface area contributed by atoms with E-state index in [4.69, 9.17) is 14.2 Å². The van der Waals surface area contributed by atoms with Crippen molar-refractivity contribution in [2.45, 2.75) is 25.0 Å². The van der Waals surface area contributed by atoms with Crippen LogP contribution in [0.2, 0.25) is 0 Å². The molecule has 2 aliphatic rings. The third kappa shape index (κ3) is 1.60. The molecule has 0 unspecified atom stereocenters. The van der Waals surface area contributed by atoms with Gasteiger partial charge in [0, 0.05) is 12.7 Å². The number of carbonyl (C=O) groups excluding carboxylic acids is 1. The van der Waals surface area contributed by atoms with Gasteiger partial charge < -0.3 is 14.2 Å². The fourth-order valence-corrected chi connectivity index (χ4v) is 2.40. The molecule has 1 aliphatic heterocycles. The molecule has 1 aromatic carbocycles. The van der Waals surface area contributed by atoms with Crippen molar-refractivity contribution >= 4 is 6.08 Å². The van der Waals surface area contributed by atoms with Gasteiger partial charge >= 0.3 is 0 Å². The van der Waals surface area contributed by atoms with E-state index >= 15 is 0 Å². The molecular weight excluding hydrogens is 234 g/mol. The van der Waals surface area contributed by atoms with Gasteiger partial charge in [-0.25, -0.2) is 4.79 Å². The first kappa shape index (κ1) is 11.3. The second-order valence-electron chi connectivity index (χ2n) is 4.49. The second kappa shape index (κ2) is 4.12. The maximum Gasteiger partial charge on any atom is 0.235 e. The molecule has 1 aliphatic carbocycles. The van der Waals surface area contributed by atoms with Crippen molar-refractivity contribution in [3.8, 4) is 11.5 Å². The average molecular weight is 247 g/mol. The number of methoxy groups -OCH3 is 1. The summed E-state index contributed by atoms with van der Waals surface area (Å²) < 4.78 is 16.0. The van der Waals surface area contributed by atoms with Gasteiger partial charge in [0.1, 0.15) is 0 Å². The minimum absolute atomic E-state index is 0.222. The Labute approximate surface area is 104 Å². The summed E-state index contributed by atoms with van der Waals surface area (Å²) in [6, 6.07) is 3.80. The van der Waals surface area contributed by atoms with E-state index in [1.54, 1.807) is 13.2 Å².